The van der Waals surface area contributed by atoms with Gasteiger partial charge < -0.3 is 9.13 Å². The van der Waals surface area contributed by atoms with Crippen LogP contribution in [0.15, 0.2) is 176 Å². The third-order valence-corrected chi connectivity index (χ3v) is 12.0. The molecule has 0 aliphatic carbocycles. The minimum Gasteiger partial charge on any atom is -0.309 e. The number of fused-ring (bicyclic) bond motifs is 9. The maximum absolute atomic E-state index is 11.0. The van der Waals surface area contributed by atoms with Gasteiger partial charge in [-0.2, -0.15) is 25.8 Å². The van der Waals surface area contributed by atoms with Gasteiger partial charge in [0.1, 0.15) is 6.07 Å². The molecule has 8 aromatic carbocycles. The monoisotopic (exact) mass is 803 g/mol. The molecule has 0 saturated heterocycles. The van der Waals surface area contributed by atoms with Crippen molar-refractivity contribution in [2.45, 2.75) is 0 Å². The summed E-state index contributed by atoms with van der Waals surface area (Å²) in [5, 5.41) is 36.7. The largest absolute Gasteiger partial charge is 0.309 e. The number of nitriles is 3. The minimum absolute atomic E-state index is 0.357. The third kappa shape index (κ3) is 5.43. The van der Waals surface area contributed by atoms with E-state index < -0.39 is 0 Å². The summed E-state index contributed by atoms with van der Waals surface area (Å²) in [4.78, 5) is 15.2. The van der Waals surface area contributed by atoms with Crippen molar-refractivity contribution in [3.05, 3.63) is 193 Å². The number of hydrogen-bond donors (Lipinski definition) is 0. The van der Waals surface area contributed by atoms with Crippen LogP contribution >= 0.6 is 0 Å². The topological polar surface area (TPSA) is 125 Å². The van der Waals surface area contributed by atoms with Crippen LogP contribution in [0.2, 0.25) is 0 Å². The molecular formula is C54H29N9. The fraction of sp³-hybridized carbons (Fsp3) is 0. The van der Waals surface area contributed by atoms with Gasteiger partial charge in [-0.25, -0.2) is 4.98 Å². The van der Waals surface area contributed by atoms with E-state index in [-0.39, 0.29) is 0 Å². The highest BCUT2D eigenvalue weighted by Crippen LogP contribution is 2.41. The first-order valence-electron chi connectivity index (χ1n) is 20.4. The first kappa shape index (κ1) is 35.6. The van der Waals surface area contributed by atoms with Crippen LogP contribution in [-0.4, -0.2) is 28.7 Å². The fourth-order valence-electron chi connectivity index (χ4n) is 9.19. The molecule has 0 fully saturated rings. The van der Waals surface area contributed by atoms with Gasteiger partial charge >= 0.3 is 0 Å². The minimum atomic E-state index is 0.357. The van der Waals surface area contributed by atoms with Gasteiger partial charge in [-0.05, 0) is 91.0 Å². The Labute approximate surface area is 359 Å². The molecule has 0 atom stereocenters. The van der Waals surface area contributed by atoms with Crippen molar-refractivity contribution < 1.29 is 0 Å². The van der Waals surface area contributed by atoms with Crippen LogP contribution in [0.3, 0.4) is 0 Å². The zero-order valence-corrected chi connectivity index (χ0v) is 33.3. The van der Waals surface area contributed by atoms with Gasteiger partial charge in [0, 0.05) is 49.1 Å². The Morgan fingerprint density at radius 3 is 1.49 bits per heavy atom. The lowest BCUT2D eigenvalue weighted by molar-refractivity contribution is 0.953. The molecule has 12 aromatic rings. The number of hydrogen-bond acceptors (Lipinski definition) is 6. The summed E-state index contributed by atoms with van der Waals surface area (Å²) in [5.41, 5.74) is 10.4. The molecule has 0 saturated carbocycles. The van der Waals surface area contributed by atoms with Crippen LogP contribution in [0.1, 0.15) is 16.7 Å². The third-order valence-electron chi connectivity index (χ3n) is 12.0. The van der Waals surface area contributed by atoms with Crippen molar-refractivity contribution in [2.24, 2.45) is 0 Å². The zero-order valence-electron chi connectivity index (χ0n) is 33.3. The van der Waals surface area contributed by atoms with Gasteiger partial charge in [-0.3, -0.25) is 4.57 Å². The van der Waals surface area contributed by atoms with E-state index in [9.17, 15) is 15.8 Å². The predicted molar refractivity (Wildman–Crippen MR) is 248 cm³/mol. The van der Waals surface area contributed by atoms with Crippen LogP contribution in [0, 0.1) is 34.0 Å². The molecule has 0 aliphatic rings. The Bertz CT molecular complexity index is 3930. The summed E-state index contributed by atoms with van der Waals surface area (Å²) < 4.78 is 6.44. The highest BCUT2D eigenvalue weighted by atomic mass is 15.2. The molecule has 9 heteroatoms. The molecule has 0 bridgehead atoms. The summed E-state index contributed by atoms with van der Waals surface area (Å²) in [6.45, 7) is 0. The van der Waals surface area contributed by atoms with E-state index in [0.29, 0.717) is 39.9 Å². The van der Waals surface area contributed by atoms with Crippen LogP contribution in [0.5, 0.6) is 0 Å². The SMILES string of the molecule is N#Cc1ccc2c(c1)c1cc(C#N)ccc1n2-c1nc(-c2ccccc2)nc(-c2ccc(-n3c4ccccc4c4cc5c6ccccc6n(-c6ccccc6)c5cc43)c(C#N)c2)n1. The van der Waals surface area contributed by atoms with Crippen molar-refractivity contribution in [3.63, 3.8) is 0 Å². The first-order chi connectivity index (χ1) is 31.1. The molecule has 0 radical (unpaired) electrons. The van der Waals surface area contributed by atoms with Gasteiger partial charge in [0.05, 0.1) is 67.6 Å². The van der Waals surface area contributed by atoms with Crippen molar-refractivity contribution in [1.82, 2.24) is 28.7 Å². The Morgan fingerprint density at radius 2 is 0.873 bits per heavy atom. The second kappa shape index (κ2) is 13.9. The molecule has 9 nitrogen and oxygen atoms in total. The Balaban J connectivity index is 1.09. The van der Waals surface area contributed by atoms with Crippen molar-refractivity contribution in [3.8, 4) is 58.3 Å². The van der Waals surface area contributed by atoms with E-state index in [1.54, 1.807) is 12.1 Å². The Hall–Kier alpha value is -9.36. The zero-order chi connectivity index (χ0) is 42.2. The molecule has 12 rings (SSSR count). The fourth-order valence-corrected chi connectivity index (χ4v) is 9.19. The smallest absolute Gasteiger partial charge is 0.238 e. The molecule has 0 aliphatic heterocycles. The van der Waals surface area contributed by atoms with Gasteiger partial charge in [0.15, 0.2) is 11.6 Å². The number of aromatic nitrogens is 6. The average Bonchev–Trinajstić information content (AvgIpc) is 3.97. The Morgan fingerprint density at radius 1 is 0.349 bits per heavy atom. The van der Waals surface area contributed by atoms with Crippen molar-refractivity contribution in [1.29, 1.82) is 15.8 Å². The van der Waals surface area contributed by atoms with Crippen LogP contribution in [-0.2, 0) is 0 Å². The van der Waals surface area contributed by atoms with E-state index in [0.717, 1.165) is 77.0 Å². The summed E-state index contributed by atoms with van der Waals surface area (Å²) in [7, 11) is 0. The number of benzene rings is 8. The molecule has 4 aromatic heterocycles. The van der Waals surface area contributed by atoms with E-state index in [1.165, 1.54) is 5.39 Å². The first-order valence-corrected chi connectivity index (χ1v) is 20.4. The molecule has 63 heavy (non-hydrogen) atoms. The molecule has 0 N–H and O–H groups in total. The maximum atomic E-state index is 11.0. The van der Waals surface area contributed by atoms with Gasteiger partial charge in [0.2, 0.25) is 5.95 Å². The van der Waals surface area contributed by atoms with Crippen LogP contribution in [0.4, 0.5) is 0 Å². The normalized spacial score (nSPS) is 11.4. The quantitative estimate of drug-likeness (QED) is 0.171. The lowest BCUT2D eigenvalue weighted by atomic mass is 10.1. The number of para-hydroxylation sites is 3. The molecule has 0 amide bonds. The average molecular weight is 804 g/mol. The van der Waals surface area contributed by atoms with Crippen molar-refractivity contribution in [2.75, 3.05) is 0 Å². The summed E-state index contributed by atoms with van der Waals surface area (Å²) >= 11 is 0. The van der Waals surface area contributed by atoms with Crippen molar-refractivity contribution >= 4 is 65.4 Å². The molecular weight excluding hydrogens is 775 g/mol. The second-order valence-electron chi connectivity index (χ2n) is 15.4. The van der Waals surface area contributed by atoms with Gasteiger partial charge in [-0.15, -0.1) is 0 Å². The summed E-state index contributed by atoms with van der Waals surface area (Å²) in [5.74, 6) is 1.20. The summed E-state index contributed by atoms with van der Waals surface area (Å²) in [6, 6.07) is 65.3. The van der Waals surface area contributed by atoms with Crippen LogP contribution in [0.25, 0.3) is 106 Å². The molecule has 0 spiro atoms. The highest BCUT2D eigenvalue weighted by Gasteiger charge is 2.22. The molecule has 0 unspecified atom stereocenters. The van der Waals surface area contributed by atoms with Gasteiger partial charge in [-0.1, -0.05) is 84.9 Å². The maximum Gasteiger partial charge on any atom is 0.238 e. The van der Waals surface area contributed by atoms with E-state index >= 15 is 0 Å². The lowest BCUT2D eigenvalue weighted by Gasteiger charge is -2.13. The van der Waals surface area contributed by atoms with Crippen LogP contribution < -0.4 is 0 Å². The summed E-state index contributed by atoms with van der Waals surface area (Å²) in [6.07, 6.45) is 0. The number of rotatable bonds is 5. The second-order valence-corrected chi connectivity index (χ2v) is 15.4. The standard InChI is InChI=1S/C54H29N9/c55-30-33-19-22-48-41(25-33)42-26-34(31-56)20-23-49(42)63(48)54-59-52(35-11-3-1-4-12-35)58-53(60-54)36-21-24-45(37(27-36)32-57)62-47-18-10-8-16-40(47)44-28-43-39-15-7-9-17-46(39)61(50(43)29-51(44)62)38-13-5-2-6-14-38/h1-29H. The van der Waals surface area contributed by atoms with E-state index in [1.807, 2.05) is 89.5 Å². The predicted octanol–water partition coefficient (Wildman–Crippen LogP) is 12.1. The van der Waals surface area contributed by atoms with E-state index in [2.05, 4.69) is 106 Å². The lowest BCUT2D eigenvalue weighted by Crippen LogP contribution is -2.07. The number of nitrogens with zero attached hydrogens (tertiary/aromatic N) is 9. The van der Waals surface area contributed by atoms with E-state index in [4.69, 9.17) is 15.0 Å². The molecule has 4 heterocycles. The highest BCUT2D eigenvalue weighted by molar-refractivity contribution is 6.19. The van der Waals surface area contributed by atoms with Gasteiger partial charge in [0.25, 0.3) is 0 Å². The molecule has 290 valence electrons. The Kier molecular flexibility index (Phi) is 7.83.